The van der Waals surface area contributed by atoms with Gasteiger partial charge >= 0.3 is 0 Å². The summed E-state index contributed by atoms with van der Waals surface area (Å²) >= 11 is 0. The van der Waals surface area contributed by atoms with Crippen LogP contribution in [0.15, 0.2) is 61.1 Å². The van der Waals surface area contributed by atoms with Crippen molar-refractivity contribution < 1.29 is 9.18 Å². The van der Waals surface area contributed by atoms with Gasteiger partial charge in [-0.15, -0.1) is 0 Å². The number of hydrogen-bond donors (Lipinski definition) is 2. The van der Waals surface area contributed by atoms with Crippen LogP contribution in [0.4, 0.5) is 4.39 Å². The van der Waals surface area contributed by atoms with E-state index in [0.717, 1.165) is 16.7 Å². The van der Waals surface area contributed by atoms with Gasteiger partial charge in [0.2, 0.25) is 0 Å². The van der Waals surface area contributed by atoms with Crippen LogP contribution in [0.3, 0.4) is 0 Å². The number of aromatic nitrogens is 2. The molecule has 0 aliphatic rings. The number of carbonyl (C=O) groups excluding carboxylic acids is 1. The van der Waals surface area contributed by atoms with E-state index in [4.69, 9.17) is 0 Å². The predicted molar refractivity (Wildman–Crippen MR) is 81.6 cm³/mol. The van der Waals surface area contributed by atoms with Crippen molar-refractivity contribution >= 4 is 5.91 Å². The van der Waals surface area contributed by atoms with Gasteiger partial charge in [0.1, 0.15) is 11.5 Å². The Morgan fingerprint density at radius 3 is 2.73 bits per heavy atom. The van der Waals surface area contributed by atoms with Crippen molar-refractivity contribution in [1.82, 2.24) is 15.3 Å². The molecular weight excluding hydrogens is 281 g/mol. The molecule has 0 radical (unpaired) electrons. The number of halogens is 1. The highest BCUT2D eigenvalue weighted by molar-refractivity contribution is 5.93. The van der Waals surface area contributed by atoms with E-state index in [2.05, 4.69) is 15.3 Å². The van der Waals surface area contributed by atoms with E-state index in [-0.39, 0.29) is 11.7 Å². The number of nitrogens with one attached hydrogen (secondary N) is 2. The number of pyridine rings is 1. The zero-order valence-corrected chi connectivity index (χ0v) is 11.7. The molecule has 110 valence electrons. The average molecular weight is 295 g/mol. The van der Waals surface area contributed by atoms with Crippen molar-refractivity contribution in [3.05, 3.63) is 78.1 Å². The number of amides is 1. The van der Waals surface area contributed by atoms with E-state index >= 15 is 0 Å². The van der Waals surface area contributed by atoms with Crippen LogP contribution < -0.4 is 5.32 Å². The number of benzene rings is 1. The molecule has 3 rings (SSSR count). The fourth-order valence-corrected chi connectivity index (χ4v) is 2.11. The summed E-state index contributed by atoms with van der Waals surface area (Å²) in [6, 6.07) is 11.6. The Kier molecular flexibility index (Phi) is 3.96. The van der Waals surface area contributed by atoms with E-state index in [9.17, 15) is 9.18 Å². The Balaban J connectivity index is 1.68. The van der Waals surface area contributed by atoms with Crippen LogP contribution in [0.1, 0.15) is 16.1 Å². The fraction of sp³-hybridized carbons (Fsp3) is 0.0588. The van der Waals surface area contributed by atoms with E-state index < -0.39 is 0 Å². The molecule has 0 saturated heterocycles. The highest BCUT2D eigenvalue weighted by Gasteiger charge is 2.09. The number of carbonyl (C=O) groups is 1. The molecule has 0 saturated carbocycles. The van der Waals surface area contributed by atoms with Gasteiger partial charge in [0, 0.05) is 25.1 Å². The van der Waals surface area contributed by atoms with Gasteiger partial charge in [0.15, 0.2) is 0 Å². The Hall–Kier alpha value is -2.95. The Labute approximate surface area is 127 Å². The molecule has 5 heteroatoms. The lowest BCUT2D eigenvalue weighted by atomic mass is 10.1. The minimum absolute atomic E-state index is 0.197. The molecule has 0 fully saturated rings. The van der Waals surface area contributed by atoms with Gasteiger partial charge in [0.25, 0.3) is 5.91 Å². The second-order valence-electron chi connectivity index (χ2n) is 4.85. The molecule has 2 heterocycles. The molecule has 0 spiro atoms. The van der Waals surface area contributed by atoms with Gasteiger partial charge in [-0.05, 0) is 41.0 Å². The summed E-state index contributed by atoms with van der Waals surface area (Å²) in [6.45, 7) is 0.414. The summed E-state index contributed by atoms with van der Waals surface area (Å²) < 4.78 is 12.9. The Morgan fingerprint density at radius 2 is 2.00 bits per heavy atom. The third-order valence-corrected chi connectivity index (χ3v) is 3.28. The standard InChI is InChI=1S/C17H14FN3O/c18-15-5-3-13(4-6-15)14-8-16(20-11-14)17(22)21-10-12-2-1-7-19-9-12/h1-9,11,20H,10H2,(H,21,22). The molecular formula is C17H14FN3O. The first-order valence-corrected chi connectivity index (χ1v) is 6.84. The summed E-state index contributed by atoms with van der Waals surface area (Å²) in [6.07, 6.45) is 5.12. The number of H-pyrrole nitrogens is 1. The first-order chi connectivity index (χ1) is 10.7. The number of hydrogen-bond acceptors (Lipinski definition) is 2. The predicted octanol–water partition coefficient (Wildman–Crippen LogP) is 3.15. The average Bonchev–Trinajstić information content (AvgIpc) is 3.04. The molecule has 0 aliphatic carbocycles. The van der Waals surface area contributed by atoms with Crippen molar-refractivity contribution in [3.63, 3.8) is 0 Å². The highest BCUT2D eigenvalue weighted by Crippen LogP contribution is 2.20. The lowest BCUT2D eigenvalue weighted by molar-refractivity contribution is 0.0946. The highest BCUT2D eigenvalue weighted by atomic mass is 19.1. The molecule has 0 unspecified atom stereocenters. The first-order valence-electron chi connectivity index (χ1n) is 6.84. The molecule has 4 nitrogen and oxygen atoms in total. The normalized spacial score (nSPS) is 10.4. The van der Waals surface area contributed by atoms with Gasteiger partial charge in [0.05, 0.1) is 0 Å². The summed E-state index contributed by atoms with van der Waals surface area (Å²) in [4.78, 5) is 19.0. The van der Waals surface area contributed by atoms with Gasteiger partial charge in [-0.25, -0.2) is 4.39 Å². The lowest BCUT2D eigenvalue weighted by Gasteiger charge is -2.03. The van der Waals surface area contributed by atoms with E-state index in [1.54, 1.807) is 36.8 Å². The van der Waals surface area contributed by atoms with Crippen LogP contribution >= 0.6 is 0 Å². The maximum absolute atomic E-state index is 12.9. The van der Waals surface area contributed by atoms with Gasteiger partial charge in [-0.1, -0.05) is 18.2 Å². The number of rotatable bonds is 4. The van der Waals surface area contributed by atoms with Crippen LogP contribution in [0, 0.1) is 5.82 Å². The maximum Gasteiger partial charge on any atom is 0.267 e. The third kappa shape index (κ3) is 3.20. The van der Waals surface area contributed by atoms with Crippen LogP contribution in [0.5, 0.6) is 0 Å². The minimum atomic E-state index is -0.284. The molecule has 3 aromatic rings. The van der Waals surface area contributed by atoms with Crippen molar-refractivity contribution in [2.24, 2.45) is 0 Å². The van der Waals surface area contributed by atoms with E-state index in [1.807, 2.05) is 12.1 Å². The molecule has 0 atom stereocenters. The van der Waals surface area contributed by atoms with Crippen LogP contribution in [0.25, 0.3) is 11.1 Å². The minimum Gasteiger partial charge on any atom is -0.357 e. The topological polar surface area (TPSA) is 57.8 Å². The molecule has 22 heavy (non-hydrogen) atoms. The van der Waals surface area contributed by atoms with Gasteiger partial charge in [-0.3, -0.25) is 9.78 Å². The molecule has 2 aromatic heterocycles. The first kappa shape index (κ1) is 14.0. The van der Waals surface area contributed by atoms with Crippen LogP contribution in [-0.4, -0.2) is 15.9 Å². The summed E-state index contributed by atoms with van der Waals surface area (Å²) in [5.41, 5.74) is 3.08. The van der Waals surface area contributed by atoms with Crippen molar-refractivity contribution in [1.29, 1.82) is 0 Å². The quantitative estimate of drug-likeness (QED) is 0.777. The van der Waals surface area contributed by atoms with Crippen LogP contribution in [0.2, 0.25) is 0 Å². The van der Waals surface area contributed by atoms with Crippen LogP contribution in [-0.2, 0) is 6.54 Å². The largest absolute Gasteiger partial charge is 0.357 e. The van der Waals surface area contributed by atoms with Crippen molar-refractivity contribution in [3.8, 4) is 11.1 Å². The zero-order chi connectivity index (χ0) is 15.4. The molecule has 2 N–H and O–H groups in total. The summed E-state index contributed by atoms with van der Waals surface area (Å²) in [7, 11) is 0. The summed E-state index contributed by atoms with van der Waals surface area (Å²) in [5.74, 6) is -0.481. The van der Waals surface area contributed by atoms with Gasteiger partial charge < -0.3 is 10.3 Å². The Morgan fingerprint density at radius 1 is 1.18 bits per heavy atom. The molecule has 0 bridgehead atoms. The number of nitrogens with zero attached hydrogens (tertiary/aromatic N) is 1. The fourth-order valence-electron chi connectivity index (χ4n) is 2.11. The van der Waals surface area contributed by atoms with Crippen molar-refractivity contribution in [2.75, 3.05) is 0 Å². The smallest absolute Gasteiger partial charge is 0.267 e. The van der Waals surface area contributed by atoms with E-state index in [0.29, 0.717) is 12.2 Å². The lowest BCUT2D eigenvalue weighted by Crippen LogP contribution is -2.23. The molecule has 0 aliphatic heterocycles. The second-order valence-corrected chi connectivity index (χ2v) is 4.85. The monoisotopic (exact) mass is 295 g/mol. The van der Waals surface area contributed by atoms with E-state index in [1.165, 1.54) is 12.1 Å². The zero-order valence-electron chi connectivity index (χ0n) is 11.7. The van der Waals surface area contributed by atoms with Gasteiger partial charge in [-0.2, -0.15) is 0 Å². The number of aromatic amines is 1. The summed E-state index contributed by atoms with van der Waals surface area (Å²) in [5, 5.41) is 2.82. The molecule has 1 aromatic carbocycles. The molecule has 1 amide bonds. The third-order valence-electron chi connectivity index (χ3n) is 3.28. The Bertz CT molecular complexity index is 766. The van der Waals surface area contributed by atoms with Crippen molar-refractivity contribution in [2.45, 2.75) is 6.54 Å². The SMILES string of the molecule is O=C(NCc1cccnc1)c1cc(-c2ccc(F)cc2)c[nH]1. The second kappa shape index (κ2) is 6.22. The maximum atomic E-state index is 12.9.